The third-order valence-electron chi connectivity index (χ3n) is 5.86. The normalized spacial score (nSPS) is 17.2. The number of nitrogens with zero attached hydrogens (tertiary/aromatic N) is 1. The van der Waals surface area contributed by atoms with Gasteiger partial charge < -0.3 is 14.6 Å². The number of amides is 1. The van der Waals surface area contributed by atoms with E-state index in [1.165, 1.54) is 4.90 Å². The van der Waals surface area contributed by atoms with Crippen molar-refractivity contribution in [3.8, 4) is 11.5 Å². The highest BCUT2D eigenvalue weighted by atomic mass is 16.5. The second-order valence-electron chi connectivity index (χ2n) is 9.01. The second-order valence-corrected chi connectivity index (χ2v) is 9.01. The summed E-state index contributed by atoms with van der Waals surface area (Å²) in [5, 5.41) is 11.2. The maximum absolute atomic E-state index is 13.3. The number of carbonyl (C=O) groups is 2. The molecule has 35 heavy (non-hydrogen) atoms. The van der Waals surface area contributed by atoms with Gasteiger partial charge in [-0.05, 0) is 66.9 Å². The number of aliphatic hydroxyl groups excluding tert-OH is 1. The van der Waals surface area contributed by atoms with Gasteiger partial charge in [0.2, 0.25) is 0 Å². The van der Waals surface area contributed by atoms with Gasteiger partial charge in [0.05, 0.1) is 25.3 Å². The van der Waals surface area contributed by atoms with E-state index in [0.717, 1.165) is 11.1 Å². The van der Waals surface area contributed by atoms with Crippen molar-refractivity contribution in [2.75, 3.05) is 18.6 Å². The molecule has 1 aliphatic heterocycles. The van der Waals surface area contributed by atoms with E-state index in [1.807, 2.05) is 31.2 Å². The molecule has 1 unspecified atom stereocenters. The zero-order valence-electron chi connectivity index (χ0n) is 20.3. The summed E-state index contributed by atoms with van der Waals surface area (Å²) in [6.45, 7) is 6.66. The molecule has 1 aliphatic rings. The van der Waals surface area contributed by atoms with Crippen molar-refractivity contribution in [2.45, 2.75) is 26.8 Å². The largest absolute Gasteiger partial charge is 0.507 e. The van der Waals surface area contributed by atoms with E-state index in [1.54, 1.807) is 55.6 Å². The zero-order chi connectivity index (χ0) is 25.1. The quantitative estimate of drug-likeness (QED) is 0.273. The number of aryl methyl sites for hydroxylation is 1. The fourth-order valence-corrected chi connectivity index (χ4v) is 4.12. The van der Waals surface area contributed by atoms with Crippen LogP contribution in [0.15, 0.2) is 78.4 Å². The first-order valence-electron chi connectivity index (χ1n) is 11.5. The average molecular weight is 472 g/mol. The minimum Gasteiger partial charge on any atom is -0.507 e. The van der Waals surface area contributed by atoms with Crippen LogP contribution in [-0.4, -0.2) is 30.5 Å². The molecule has 0 bridgehead atoms. The molecule has 1 amide bonds. The molecular weight excluding hydrogens is 442 g/mol. The van der Waals surface area contributed by atoms with Gasteiger partial charge in [-0.1, -0.05) is 43.7 Å². The van der Waals surface area contributed by atoms with Crippen molar-refractivity contribution in [1.82, 2.24) is 0 Å². The summed E-state index contributed by atoms with van der Waals surface area (Å²) < 4.78 is 11.0. The Labute approximate surface area is 205 Å². The monoisotopic (exact) mass is 471 g/mol. The lowest BCUT2D eigenvalue weighted by Gasteiger charge is -2.26. The lowest BCUT2D eigenvalue weighted by atomic mass is 9.94. The molecule has 0 aromatic heterocycles. The van der Waals surface area contributed by atoms with Gasteiger partial charge in [0, 0.05) is 11.3 Å². The number of carbonyl (C=O) groups excluding carboxylic acids is 2. The summed E-state index contributed by atoms with van der Waals surface area (Å²) in [5.41, 5.74) is 2.74. The van der Waals surface area contributed by atoms with Gasteiger partial charge in [0.1, 0.15) is 17.3 Å². The maximum Gasteiger partial charge on any atom is 0.300 e. The molecule has 0 aliphatic carbocycles. The molecule has 1 fully saturated rings. The first-order chi connectivity index (χ1) is 16.8. The molecule has 1 saturated heterocycles. The van der Waals surface area contributed by atoms with Gasteiger partial charge in [-0.25, -0.2) is 0 Å². The molecule has 3 aromatic carbocycles. The molecule has 0 spiro atoms. The van der Waals surface area contributed by atoms with Crippen molar-refractivity contribution in [3.63, 3.8) is 0 Å². The second kappa shape index (κ2) is 10.1. The van der Waals surface area contributed by atoms with Crippen LogP contribution in [0.3, 0.4) is 0 Å². The molecule has 0 radical (unpaired) electrons. The van der Waals surface area contributed by atoms with Gasteiger partial charge >= 0.3 is 0 Å². The maximum atomic E-state index is 13.3. The van der Waals surface area contributed by atoms with Crippen LogP contribution < -0.4 is 14.4 Å². The van der Waals surface area contributed by atoms with Crippen LogP contribution in [0.5, 0.6) is 11.5 Å². The number of hydrogen-bond acceptors (Lipinski definition) is 5. The number of ether oxygens (including phenoxy) is 2. The van der Waals surface area contributed by atoms with Crippen molar-refractivity contribution in [3.05, 3.63) is 95.1 Å². The van der Waals surface area contributed by atoms with Gasteiger partial charge in [-0.3, -0.25) is 14.5 Å². The van der Waals surface area contributed by atoms with Gasteiger partial charge in [-0.2, -0.15) is 0 Å². The van der Waals surface area contributed by atoms with E-state index in [4.69, 9.17) is 9.47 Å². The minimum absolute atomic E-state index is 0.0471. The average Bonchev–Trinajstić information content (AvgIpc) is 3.13. The van der Waals surface area contributed by atoms with Crippen molar-refractivity contribution in [1.29, 1.82) is 0 Å². The molecular formula is C29H29NO5. The predicted octanol–water partition coefficient (Wildman–Crippen LogP) is 5.66. The van der Waals surface area contributed by atoms with Crippen molar-refractivity contribution >= 4 is 23.1 Å². The molecule has 1 heterocycles. The number of Topliss-reactive ketones (excluding diaryl/α,β-unsaturated/α-hetero) is 1. The van der Waals surface area contributed by atoms with E-state index < -0.39 is 17.7 Å². The van der Waals surface area contributed by atoms with Crippen LogP contribution >= 0.6 is 0 Å². The van der Waals surface area contributed by atoms with Crippen molar-refractivity contribution < 1.29 is 24.2 Å². The Morgan fingerprint density at radius 3 is 2.23 bits per heavy atom. The van der Waals surface area contributed by atoms with E-state index in [0.29, 0.717) is 35.3 Å². The molecule has 6 heteroatoms. The number of ketones is 1. The number of rotatable bonds is 7. The molecule has 1 N–H and O–H groups in total. The van der Waals surface area contributed by atoms with Crippen LogP contribution in [0.1, 0.15) is 36.6 Å². The molecule has 4 rings (SSSR count). The number of methoxy groups -OCH3 is 1. The summed E-state index contributed by atoms with van der Waals surface area (Å²) in [6.07, 6.45) is 0. The lowest BCUT2D eigenvalue weighted by molar-refractivity contribution is -0.132. The first kappa shape index (κ1) is 24.1. The summed E-state index contributed by atoms with van der Waals surface area (Å²) in [4.78, 5) is 28.0. The Bertz CT molecular complexity index is 1260. The highest BCUT2D eigenvalue weighted by Crippen LogP contribution is 2.42. The zero-order valence-corrected chi connectivity index (χ0v) is 20.3. The Hall–Kier alpha value is -4.06. The summed E-state index contributed by atoms with van der Waals surface area (Å²) in [5.74, 6) is 0.0393. The standard InChI is InChI=1S/C29H29NO5/c1-18(2)17-35-24-14-10-22(11-15-24)30-26(21-7-5-6-19(3)16-21)25(28(32)29(30)33)27(31)20-8-12-23(34-4)13-9-20/h5-16,18,26,31H,17H2,1-4H3/b27-25-. The Morgan fingerprint density at radius 2 is 1.63 bits per heavy atom. The fraction of sp³-hybridized carbons (Fsp3) is 0.241. The van der Waals surface area contributed by atoms with Crippen LogP contribution in [0.25, 0.3) is 5.76 Å². The number of benzene rings is 3. The van der Waals surface area contributed by atoms with E-state index in [-0.39, 0.29) is 11.3 Å². The third-order valence-corrected chi connectivity index (χ3v) is 5.86. The van der Waals surface area contributed by atoms with Gasteiger partial charge in [0.25, 0.3) is 11.7 Å². The van der Waals surface area contributed by atoms with Crippen LogP contribution in [0.4, 0.5) is 5.69 Å². The smallest absolute Gasteiger partial charge is 0.300 e. The SMILES string of the molecule is COc1ccc(/C(O)=C2/C(=O)C(=O)N(c3ccc(OCC(C)C)cc3)C2c2cccc(C)c2)cc1. The van der Waals surface area contributed by atoms with Gasteiger partial charge in [-0.15, -0.1) is 0 Å². The van der Waals surface area contributed by atoms with Crippen LogP contribution in [0, 0.1) is 12.8 Å². The highest BCUT2D eigenvalue weighted by Gasteiger charge is 2.47. The first-order valence-corrected chi connectivity index (χ1v) is 11.5. The molecule has 0 saturated carbocycles. The fourth-order valence-electron chi connectivity index (χ4n) is 4.12. The molecule has 1 atom stereocenters. The van der Waals surface area contributed by atoms with E-state index >= 15 is 0 Å². The molecule has 6 nitrogen and oxygen atoms in total. The Kier molecular flexibility index (Phi) is 6.92. The molecule has 180 valence electrons. The topological polar surface area (TPSA) is 76.1 Å². The minimum atomic E-state index is -0.778. The van der Waals surface area contributed by atoms with Crippen LogP contribution in [-0.2, 0) is 9.59 Å². The van der Waals surface area contributed by atoms with Crippen LogP contribution in [0.2, 0.25) is 0 Å². The van der Waals surface area contributed by atoms with E-state index in [2.05, 4.69) is 13.8 Å². The predicted molar refractivity (Wildman–Crippen MR) is 136 cm³/mol. The number of aliphatic hydroxyl groups is 1. The highest BCUT2D eigenvalue weighted by molar-refractivity contribution is 6.51. The molecule has 3 aromatic rings. The summed E-state index contributed by atoms with van der Waals surface area (Å²) >= 11 is 0. The number of anilines is 1. The third kappa shape index (κ3) is 4.92. The van der Waals surface area contributed by atoms with Gasteiger partial charge in [0.15, 0.2) is 0 Å². The number of hydrogen-bond donors (Lipinski definition) is 1. The van der Waals surface area contributed by atoms with E-state index in [9.17, 15) is 14.7 Å². The Morgan fingerprint density at radius 1 is 0.971 bits per heavy atom. The van der Waals surface area contributed by atoms with Crippen molar-refractivity contribution in [2.24, 2.45) is 5.92 Å². The summed E-state index contributed by atoms with van der Waals surface area (Å²) in [7, 11) is 1.55. The lowest BCUT2D eigenvalue weighted by Crippen LogP contribution is -2.29. The Balaban J connectivity index is 1.81. The summed E-state index contributed by atoms with van der Waals surface area (Å²) in [6, 6.07) is 20.6.